The fourth-order valence-corrected chi connectivity index (χ4v) is 4.65. The van der Waals surface area contributed by atoms with Crippen LogP contribution in [0.2, 0.25) is 0 Å². The summed E-state index contributed by atoms with van der Waals surface area (Å²) in [6.45, 7) is 0.572. The number of thioether (sulfide) groups is 1. The lowest BCUT2D eigenvalue weighted by Gasteiger charge is -2.50. The van der Waals surface area contributed by atoms with E-state index in [9.17, 15) is 19.2 Å². The van der Waals surface area contributed by atoms with Gasteiger partial charge in [-0.3, -0.25) is 14.5 Å². The van der Waals surface area contributed by atoms with E-state index in [1.807, 2.05) is 0 Å². The van der Waals surface area contributed by atoms with Gasteiger partial charge in [-0.2, -0.15) is 0 Å². The number of β-lactam (4-membered cyclic amide) rings is 1. The molecule has 0 radical (unpaired) electrons. The highest BCUT2D eigenvalue weighted by Crippen LogP contribution is 2.45. The highest BCUT2D eigenvalue weighted by Gasteiger charge is 2.57. The Morgan fingerprint density at radius 3 is 2.47 bits per heavy atom. The predicted octanol–water partition coefficient (Wildman–Crippen LogP) is 2.76. The van der Waals surface area contributed by atoms with Crippen molar-refractivity contribution in [2.75, 3.05) is 20.3 Å². The minimum absolute atomic E-state index is 0.178. The van der Waals surface area contributed by atoms with Crippen LogP contribution in [0.5, 0.6) is 5.75 Å². The van der Waals surface area contributed by atoms with E-state index in [1.54, 1.807) is 30.3 Å². The molecule has 0 bridgehead atoms. The molecule has 2 heterocycles. The van der Waals surface area contributed by atoms with Crippen LogP contribution in [-0.2, 0) is 28.6 Å². The third-order valence-electron chi connectivity index (χ3n) is 4.63. The first-order chi connectivity index (χ1) is 16.0. The van der Waals surface area contributed by atoms with Gasteiger partial charge in [-0.25, -0.2) is 9.59 Å². The van der Waals surface area contributed by atoms with Crippen LogP contribution in [0.3, 0.4) is 0 Å². The minimum Gasteiger partial charge on any atom is -0.484 e. The van der Waals surface area contributed by atoms with Gasteiger partial charge in [0.2, 0.25) is 3.79 Å². The number of esters is 1. The van der Waals surface area contributed by atoms with Gasteiger partial charge in [-0.05, 0) is 19.1 Å². The molecule has 1 fully saturated rings. The Labute approximate surface area is 213 Å². The van der Waals surface area contributed by atoms with Crippen molar-refractivity contribution in [2.24, 2.45) is 0 Å². The SMILES string of the molecule is COC(=O)O[C@@H]1S[C@H]2C(NC(=O)COc3ccccc3)C(=O)N2C(C(=O)OCC(Cl)(Cl)Cl)=C1C. The number of hydrogen-bond acceptors (Lipinski definition) is 9. The molecule has 1 aromatic carbocycles. The number of benzene rings is 1. The zero-order valence-electron chi connectivity index (χ0n) is 17.8. The molecule has 0 spiro atoms. The largest absolute Gasteiger partial charge is 0.509 e. The zero-order valence-corrected chi connectivity index (χ0v) is 20.9. The molecule has 1 aromatic rings. The van der Waals surface area contributed by atoms with E-state index in [1.165, 1.54) is 6.92 Å². The molecule has 34 heavy (non-hydrogen) atoms. The molecule has 2 aliphatic rings. The van der Waals surface area contributed by atoms with Crippen LogP contribution in [0.15, 0.2) is 41.6 Å². The summed E-state index contributed by atoms with van der Waals surface area (Å²) in [6, 6.07) is 7.64. The fraction of sp³-hybridized carbons (Fsp3) is 0.400. The highest BCUT2D eigenvalue weighted by molar-refractivity contribution is 8.00. The molecule has 1 unspecified atom stereocenters. The van der Waals surface area contributed by atoms with Gasteiger partial charge in [0.15, 0.2) is 12.0 Å². The molecule has 2 amide bonds. The molecule has 0 aromatic heterocycles. The summed E-state index contributed by atoms with van der Waals surface area (Å²) in [7, 11) is 1.12. The molecular weight excluding hydrogens is 535 g/mol. The van der Waals surface area contributed by atoms with E-state index in [0.29, 0.717) is 5.75 Å². The second-order valence-electron chi connectivity index (χ2n) is 7.01. The molecule has 10 nitrogen and oxygen atoms in total. The maximum absolute atomic E-state index is 12.9. The van der Waals surface area contributed by atoms with Crippen LogP contribution >= 0.6 is 46.6 Å². The molecule has 14 heteroatoms. The van der Waals surface area contributed by atoms with Crippen LogP contribution in [0, 0.1) is 0 Å². The topological polar surface area (TPSA) is 120 Å². The number of ether oxygens (including phenoxy) is 4. The lowest BCUT2D eigenvalue weighted by atomic mass is 10.0. The van der Waals surface area contributed by atoms with Crippen molar-refractivity contribution in [3.8, 4) is 5.75 Å². The number of nitrogens with zero attached hydrogens (tertiary/aromatic N) is 1. The van der Waals surface area contributed by atoms with Crippen molar-refractivity contribution < 1.29 is 38.1 Å². The standard InChI is InChI=1S/C20H19Cl3N2O8S/c1-10-14(17(28)32-9-20(21,22)23)25-15(27)13(16(25)34-18(10)33-19(29)30-2)24-12(26)8-31-11-6-4-3-5-7-11/h3-7,13,16,18H,8-9H2,1-2H3,(H,24,26)/t13?,16-,18+/m0/s1. The smallest absolute Gasteiger partial charge is 0.484 e. The Kier molecular flexibility index (Phi) is 8.45. The van der Waals surface area contributed by atoms with E-state index < -0.39 is 51.2 Å². The van der Waals surface area contributed by atoms with Crippen molar-refractivity contribution in [3.63, 3.8) is 0 Å². The zero-order chi connectivity index (χ0) is 25.0. The van der Waals surface area contributed by atoms with Crippen LogP contribution in [0.4, 0.5) is 4.79 Å². The normalized spacial score (nSPS) is 21.7. The van der Waals surface area contributed by atoms with Crippen LogP contribution in [0.1, 0.15) is 6.92 Å². The lowest BCUT2D eigenvalue weighted by molar-refractivity contribution is -0.153. The van der Waals surface area contributed by atoms with Gasteiger partial charge in [0.25, 0.3) is 11.8 Å². The summed E-state index contributed by atoms with van der Waals surface area (Å²) in [5.41, 5.74) is -0.966. The summed E-state index contributed by atoms with van der Waals surface area (Å²) in [6.07, 6.45) is -0.998. The van der Waals surface area contributed by atoms with Crippen molar-refractivity contribution in [1.82, 2.24) is 10.2 Å². The van der Waals surface area contributed by atoms with Crippen molar-refractivity contribution in [3.05, 3.63) is 41.6 Å². The Balaban J connectivity index is 1.74. The molecule has 1 saturated heterocycles. The number of carbonyl (C=O) groups is 4. The van der Waals surface area contributed by atoms with Crippen molar-refractivity contribution >= 4 is 70.5 Å². The van der Waals surface area contributed by atoms with E-state index in [2.05, 4.69) is 10.1 Å². The maximum Gasteiger partial charge on any atom is 0.509 e. The van der Waals surface area contributed by atoms with Gasteiger partial charge in [0.05, 0.1) is 7.11 Å². The third-order valence-corrected chi connectivity index (χ3v) is 6.42. The molecule has 0 saturated carbocycles. The molecule has 3 atom stereocenters. The summed E-state index contributed by atoms with van der Waals surface area (Å²) >= 11 is 17.9. The van der Waals surface area contributed by atoms with Gasteiger partial charge in [-0.15, -0.1) is 0 Å². The third kappa shape index (κ3) is 6.21. The summed E-state index contributed by atoms with van der Waals surface area (Å²) in [5.74, 6) is -1.60. The van der Waals surface area contributed by atoms with Crippen molar-refractivity contribution in [1.29, 1.82) is 0 Å². The summed E-state index contributed by atoms with van der Waals surface area (Å²) in [4.78, 5) is 50.8. The average Bonchev–Trinajstić information content (AvgIpc) is 2.80. The van der Waals surface area contributed by atoms with E-state index >= 15 is 0 Å². The molecule has 2 aliphatic heterocycles. The highest BCUT2D eigenvalue weighted by atomic mass is 35.6. The first-order valence-electron chi connectivity index (χ1n) is 9.67. The Morgan fingerprint density at radius 2 is 1.85 bits per heavy atom. The van der Waals surface area contributed by atoms with Crippen molar-refractivity contribution in [2.45, 2.75) is 27.6 Å². The lowest BCUT2D eigenvalue weighted by Crippen LogP contribution is -2.71. The number of para-hydroxylation sites is 1. The maximum atomic E-state index is 12.9. The monoisotopic (exact) mass is 552 g/mol. The number of hydrogen-bond donors (Lipinski definition) is 1. The van der Waals surface area contributed by atoms with Crippen LogP contribution in [0.25, 0.3) is 0 Å². The Bertz CT molecular complexity index is 1000. The van der Waals surface area contributed by atoms with Crippen LogP contribution in [-0.4, -0.2) is 69.8 Å². The Hall–Kier alpha value is -2.34. The number of methoxy groups -OCH3 is 1. The second-order valence-corrected chi connectivity index (χ2v) is 10.7. The number of alkyl halides is 3. The minimum atomic E-state index is -1.87. The predicted molar refractivity (Wildman–Crippen MR) is 123 cm³/mol. The number of carbonyl (C=O) groups excluding carboxylic acids is 4. The Morgan fingerprint density at radius 1 is 1.18 bits per heavy atom. The van der Waals surface area contributed by atoms with E-state index in [4.69, 9.17) is 49.0 Å². The van der Waals surface area contributed by atoms with E-state index in [-0.39, 0.29) is 17.9 Å². The first-order valence-corrected chi connectivity index (χ1v) is 11.7. The van der Waals surface area contributed by atoms with Gasteiger partial charge in [-0.1, -0.05) is 64.8 Å². The fourth-order valence-electron chi connectivity index (χ4n) is 3.11. The second kappa shape index (κ2) is 10.9. The van der Waals surface area contributed by atoms with Gasteiger partial charge >= 0.3 is 12.1 Å². The van der Waals surface area contributed by atoms with Gasteiger partial charge in [0, 0.05) is 5.57 Å². The molecule has 3 rings (SSSR count). The summed E-state index contributed by atoms with van der Waals surface area (Å²) < 4.78 is 18.3. The summed E-state index contributed by atoms with van der Waals surface area (Å²) in [5, 5.41) is 1.79. The van der Waals surface area contributed by atoms with Crippen LogP contribution < -0.4 is 10.1 Å². The number of amides is 2. The number of nitrogens with one attached hydrogen (secondary N) is 1. The molecule has 0 aliphatic carbocycles. The number of fused-ring (bicyclic) bond motifs is 1. The first kappa shape index (κ1) is 26.3. The van der Waals surface area contributed by atoms with Gasteiger partial charge < -0.3 is 24.3 Å². The number of halogens is 3. The van der Waals surface area contributed by atoms with E-state index in [0.717, 1.165) is 23.8 Å². The molecule has 184 valence electrons. The molecule has 1 N–H and O–H groups in total. The van der Waals surface area contributed by atoms with Gasteiger partial charge in [0.1, 0.15) is 29.5 Å². The average molecular weight is 554 g/mol. The molecular formula is C20H19Cl3N2O8S. The number of rotatable bonds is 7. The quantitative estimate of drug-likeness (QED) is 0.309.